The monoisotopic (exact) mass is 622 g/mol. The summed E-state index contributed by atoms with van der Waals surface area (Å²) in [4.78, 5) is 67.4. The van der Waals surface area contributed by atoms with Crippen LogP contribution >= 0.6 is 23.5 Å². The average molecular weight is 622 g/mol. The van der Waals surface area contributed by atoms with Crippen LogP contribution in [0.1, 0.15) is 12.6 Å². The number of aliphatic hydroxyl groups excluding tert-OH is 1. The molecule has 0 amide bonds. The summed E-state index contributed by atoms with van der Waals surface area (Å²) < 4.78 is 53.3. The molecule has 0 unspecified atom stereocenters. The molecule has 0 aromatic carbocycles. The Labute approximate surface area is 220 Å². The Kier molecular flexibility index (Phi) is 11.1. The molecule has 1 saturated heterocycles. The smallest absolute Gasteiger partial charge is 0.390 e. The number of aliphatic hydroxyl groups is 1. The lowest BCUT2D eigenvalue weighted by Gasteiger charge is -2.22. The first-order valence-corrected chi connectivity index (χ1v) is 15.8. The predicted octanol–water partition coefficient (Wildman–Crippen LogP) is -1.48. The van der Waals surface area contributed by atoms with Gasteiger partial charge >= 0.3 is 23.5 Å². The maximum absolute atomic E-state index is 10.9. The molecular weight excluding hydrogens is 593 g/mol. The maximum Gasteiger partial charge on any atom is 0.469 e. The fourth-order valence-corrected chi connectivity index (χ4v) is 4.62. The summed E-state index contributed by atoms with van der Waals surface area (Å²) in [6, 6.07) is 0. The summed E-state index contributed by atoms with van der Waals surface area (Å²) in [6.07, 6.45) is -0.0725. The molecule has 222 valence electrons. The third kappa shape index (κ3) is 10.8. The summed E-state index contributed by atoms with van der Waals surface area (Å²) in [6.45, 7) is -0.763. The zero-order chi connectivity index (χ0) is 28.8. The van der Waals surface area contributed by atoms with Gasteiger partial charge in [-0.25, -0.2) is 28.6 Å². The summed E-state index contributed by atoms with van der Waals surface area (Å²) in [5.41, 5.74) is 0.676. The van der Waals surface area contributed by atoms with E-state index in [0.717, 1.165) is 0 Å². The highest BCUT2D eigenvalue weighted by Crippen LogP contribution is 2.39. The van der Waals surface area contributed by atoms with Gasteiger partial charge in [0, 0.05) is 32.6 Å². The van der Waals surface area contributed by atoms with Crippen LogP contribution in [-0.4, -0.2) is 117 Å². The van der Waals surface area contributed by atoms with E-state index in [9.17, 15) is 18.8 Å². The van der Waals surface area contributed by atoms with E-state index in [-0.39, 0.29) is 45.8 Å². The van der Waals surface area contributed by atoms with E-state index in [4.69, 9.17) is 34.1 Å². The number of ether oxygens (including phenoxy) is 1. The van der Waals surface area contributed by atoms with Crippen molar-refractivity contribution in [2.45, 2.75) is 24.9 Å². The molecule has 0 bridgehead atoms. The second-order valence-corrected chi connectivity index (χ2v) is 11.9. The number of nitrogens with one attached hydrogen (secondary N) is 1. The van der Waals surface area contributed by atoms with Crippen molar-refractivity contribution in [3.05, 3.63) is 12.7 Å². The van der Waals surface area contributed by atoms with Gasteiger partial charge in [-0.15, -0.1) is 0 Å². The molecule has 0 saturated carbocycles. The van der Waals surface area contributed by atoms with Crippen LogP contribution < -0.4 is 5.32 Å². The molecule has 3 rings (SSSR count). The Morgan fingerprint density at radius 2 is 1.56 bits per heavy atom. The second kappa shape index (κ2) is 13.5. The lowest BCUT2D eigenvalue weighted by Crippen LogP contribution is -2.34. The van der Waals surface area contributed by atoms with Crippen LogP contribution in [0, 0.1) is 0 Å². The molecule has 39 heavy (non-hydrogen) atoms. The Hall–Kier alpha value is -1.44. The van der Waals surface area contributed by atoms with Crippen LogP contribution in [-0.2, 0) is 32.0 Å². The number of rotatable bonds is 16. The zero-order valence-electron chi connectivity index (χ0n) is 20.1. The molecule has 0 spiro atoms. The van der Waals surface area contributed by atoms with Crippen molar-refractivity contribution >= 4 is 40.4 Å². The minimum absolute atomic E-state index is 0.0133. The van der Waals surface area contributed by atoms with Crippen molar-refractivity contribution < 1.29 is 66.5 Å². The molecule has 2 aromatic heterocycles. The van der Waals surface area contributed by atoms with Crippen molar-refractivity contribution in [2.75, 3.05) is 51.3 Å². The third-order valence-corrected chi connectivity index (χ3v) is 6.86. The second-order valence-electron chi connectivity index (χ2n) is 8.18. The van der Waals surface area contributed by atoms with E-state index in [0.29, 0.717) is 17.0 Å². The topological polar surface area (TPSA) is 289 Å². The highest BCUT2D eigenvalue weighted by molar-refractivity contribution is 7.46. The molecule has 20 nitrogen and oxygen atoms in total. The Balaban J connectivity index is 1.61. The lowest BCUT2D eigenvalue weighted by molar-refractivity contribution is -0.0424. The van der Waals surface area contributed by atoms with Crippen LogP contribution in [0.25, 0.3) is 11.2 Å². The molecule has 1 fully saturated rings. The van der Waals surface area contributed by atoms with Crippen molar-refractivity contribution in [2.24, 2.45) is 0 Å². The Bertz CT molecular complexity index is 1200. The minimum Gasteiger partial charge on any atom is -0.390 e. The number of hydrogen-bond acceptors (Lipinski definition) is 13. The number of imidazole rings is 1. The summed E-state index contributed by atoms with van der Waals surface area (Å²) in [5.74, 6) is 0.316. The standard InChI is InChI=1S/C16H29N6O14P3/c23-11-7-13(36-12(11)8-35-39(30,31)32)22-10-20-14-15(18-9-19-16(14)22)17-1-2-21(3-5-33-37(24,25)26)4-6-34-38(27,28)29/h9-13,23H,1-8H2,(H,17,18,19)(H2,24,25,26)(H2,27,28,29)(H2,30,31,32)/t11-,12-,13-/m1/s1. The van der Waals surface area contributed by atoms with Gasteiger partial charge in [0.2, 0.25) is 0 Å². The highest BCUT2D eigenvalue weighted by atomic mass is 31.2. The van der Waals surface area contributed by atoms with Gasteiger partial charge in [0.1, 0.15) is 18.7 Å². The summed E-state index contributed by atoms with van der Waals surface area (Å²) >= 11 is 0. The van der Waals surface area contributed by atoms with E-state index in [2.05, 4.69) is 33.8 Å². The molecule has 3 heterocycles. The fraction of sp³-hybridized carbons (Fsp3) is 0.688. The molecule has 23 heteroatoms. The molecular formula is C16H29N6O14P3. The SMILES string of the molecule is O=P(O)(O)OCCN(CCNc1ncnc2c1ncn2[C@H]1C[C@@H](O)[C@@H](COP(=O)(O)O)O1)CCOP(=O)(O)O. The van der Waals surface area contributed by atoms with Gasteiger partial charge in [0.15, 0.2) is 17.0 Å². The number of anilines is 1. The normalized spacial score (nSPS) is 20.8. The Morgan fingerprint density at radius 3 is 2.15 bits per heavy atom. The van der Waals surface area contributed by atoms with E-state index in [1.165, 1.54) is 17.2 Å². The quantitative estimate of drug-likeness (QED) is 0.0990. The first-order valence-electron chi connectivity index (χ1n) is 11.2. The summed E-state index contributed by atoms with van der Waals surface area (Å²) in [5, 5.41) is 13.3. The van der Waals surface area contributed by atoms with Crippen LogP contribution in [0.2, 0.25) is 0 Å². The molecule has 0 radical (unpaired) electrons. The highest BCUT2D eigenvalue weighted by Gasteiger charge is 2.37. The molecule has 3 atom stereocenters. The first-order chi connectivity index (χ1) is 18.1. The van der Waals surface area contributed by atoms with Gasteiger partial charge < -0.3 is 44.5 Å². The van der Waals surface area contributed by atoms with Crippen molar-refractivity contribution in [3.8, 4) is 0 Å². The predicted molar refractivity (Wildman–Crippen MR) is 129 cm³/mol. The van der Waals surface area contributed by atoms with Gasteiger partial charge in [-0.1, -0.05) is 0 Å². The number of nitrogens with zero attached hydrogens (tertiary/aromatic N) is 5. The van der Waals surface area contributed by atoms with Crippen LogP contribution in [0.4, 0.5) is 5.82 Å². The van der Waals surface area contributed by atoms with Gasteiger partial charge in [-0.2, -0.15) is 0 Å². The Morgan fingerprint density at radius 1 is 0.949 bits per heavy atom. The van der Waals surface area contributed by atoms with Crippen LogP contribution in [0.5, 0.6) is 0 Å². The third-order valence-electron chi connectivity index (χ3n) is 5.33. The number of phosphoric acid groups is 3. The molecule has 8 N–H and O–H groups in total. The first kappa shape index (κ1) is 32.1. The molecule has 2 aromatic rings. The van der Waals surface area contributed by atoms with Gasteiger partial charge in [0.25, 0.3) is 0 Å². The van der Waals surface area contributed by atoms with E-state index < -0.39 is 48.5 Å². The molecule has 1 aliphatic rings. The molecule has 0 aliphatic carbocycles. The lowest BCUT2D eigenvalue weighted by atomic mass is 10.2. The number of fused-ring (bicyclic) bond motifs is 1. The number of aromatic nitrogens is 4. The summed E-state index contributed by atoms with van der Waals surface area (Å²) in [7, 11) is -14.1. The minimum atomic E-state index is -4.74. The number of hydrogen-bond donors (Lipinski definition) is 8. The van der Waals surface area contributed by atoms with Crippen LogP contribution in [0.15, 0.2) is 12.7 Å². The zero-order valence-corrected chi connectivity index (χ0v) is 22.8. The van der Waals surface area contributed by atoms with Crippen LogP contribution in [0.3, 0.4) is 0 Å². The fourth-order valence-electron chi connectivity index (χ4n) is 3.64. The van der Waals surface area contributed by atoms with Gasteiger partial charge in [-0.05, 0) is 0 Å². The number of phosphoric ester groups is 3. The maximum atomic E-state index is 10.9. The van der Waals surface area contributed by atoms with Gasteiger partial charge in [0.05, 0.1) is 32.3 Å². The van der Waals surface area contributed by atoms with Gasteiger partial charge in [-0.3, -0.25) is 23.0 Å². The van der Waals surface area contributed by atoms with E-state index >= 15 is 0 Å². The molecule has 1 aliphatic heterocycles. The average Bonchev–Trinajstić information content (AvgIpc) is 3.39. The van der Waals surface area contributed by atoms with Crippen molar-refractivity contribution in [1.82, 2.24) is 24.4 Å². The van der Waals surface area contributed by atoms with E-state index in [1.807, 2.05) is 0 Å². The van der Waals surface area contributed by atoms with Crippen molar-refractivity contribution in [1.29, 1.82) is 0 Å². The largest absolute Gasteiger partial charge is 0.469 e. The van der Waals surface area contributed by atoms with Crippen molar-refractivity contribution in [3.63, 3.8) is 0 Å². The van der Waals surface area contributed by atoms with E-state index in [1.54, 1.807) is 4.90 Å².